The first-order valence-corrected chi connectivity index (χ1v) is 43.8. The third kappa shape index (κ3) is 31.5. The summed E-state index contributed by atoms with van der Waals surface area (Å²) in [6, 6.07) is 13.0. The van der Waals surface area contributed by atoms with Gasteiger partial charge in [0.2, 0.25) is 70.9 Å². The number of H-pyrrole nitrogens is 4. The molecule has 0 unspecified atom stereocenters. The highest BCUT2D eigenvalue weighted by atomic mass is 16.2. The first-order chi connectivity index (χ1) is 62.6. The summed E-state index contributed by atoms with van der Waals surface area (Å²) in [7, 11) is 0. The van der Waals surface area contributed by atoms with Crippen LogP contribution in [0, 0.1) is 38.9 Å². The van der Waals surface area contributed by atoms with Crippen LogP contribution in [0.1, 0.15) is 134 Å². The minimum atomic E-state index is -1.58. The van der Waals surface area contributed by atoms with Crippen molar-refractivity contribution in [2.24, 2.45) is 46.2 Å². The van der Waals surface area contributed by atoms with Crippen LogP contribution in [-0.4, -0.2) is 220 Å². The van der Waals surface area contributed by atoms with Crippen molar-refractivity contribution < 1.29 is 57.5 Å². The molecule has 0 fully saturated rings. The number of fused-ring (bicyclic) bond motifs is 4. The van der Waals surface area contributed by atoms with E-state index in [1.165, 1.54) is 6.92 Å². The smallest absolute Gasteiger partial charge is 0.243 e. The highest BCUT2D eigenvalue weighted by molar-refractivity contribution is 6.01. The van der Waals surface area contributed by atoms with Crippen molar-refractivity contribution in [3.05, 3.63) is 144 Å². The van der Waals surface area contributed by atoms with Crippen molar-refractivity contribution in [1.29, 1.82) is 27.0 Å². The summed E-state index contributed by atoms with van der Waals surface area (Å²) in [4.78, 5) is 190. The molecule has 4 heterocycles. The lowest BCUT2D eigenvalue weighted by Crippen LogP contribution is -2.62. The van der Waals surface area contributed by atoms with Crippen LogP contribution in [0.4, 0.5) is 0 Å². The molecule has 0 saturated heterocycles. The Labute approximate surface area is 757 Å². The molecule has 0 saturated carbocycles. The number of aromatic amines is 4. The molecule has 706 valence electrons. The number of primary amides is 1. The van der Waals surface area contributed by atoms with E-state index in [2.05, 4.69) is 105 Å². The summed E-state index contributed by atoms with van der Waals surface area (Å²) in [5.74, 6) is -13.3. The summed E-state index contributed by atoms with van der Waals surface area (Å²) >= 11 is 0. The number of carbonyl (C=O) groups excluding carboxylic acids is 12. The van der Waals surface area contributed by atoms with Crippen LogP contribution in [-0.2, 0) is 83.2 Å². The maximum Gasteiger partial charge on any atom is 0.243 e. The molecule has 0 aliphatic carbocycles. The Morgan fingerprint density at radius 1 is 0.290 bits per heavy atom. The second-order valence-corrected chi connectivity index (χ2v) is 32.6. The number of hydrogen-bond donors (Lipinski definition) is 31. The predicted octanol–water partition coefficient (Wildman–Crippen LogP) is -0.871. The highest BCUT2D eigenvalue weighted by Crippen LogP contribution is 2.26. The predicted molar refractivity (Wildman–Crippen MR) is 499 cm³/mol. The molecule has 37 N–H and O–H groups in total. The van der Waals surface area contributed by atoms with Crippen LogP contribution in [0.25, 0.3) is 43.6 Å². The summed E-state index contributed by atoms with van der Waals surface area (Å²) in [6.07, 6.45) is 6.72. The van der Waals surface area contributed by atoms with Crippen LogP contribution < -0.4 is 119 Å². The SMILES string of the molecule is CC[C@H](C)[C@H](NC(=O)[C@H](Cc1c[nH]c2ccccc12)NC(=O)[C@H](CCCNC(=N)N)NC(C)=O)C(=O)N[C@@H](CCCNC(=N)N)C(=O)N[C@@H](CCCNC(=N)N)C(=O)N[C@@H](Cc1c[nH]c2ccccc12)C(=O)N[C@H](C(=O)N[C@@H](CCCNC(=N)N)C(=O)N[C@@H](Cc1c[nH]c2ccccc12)C(=O)N[C@@H](Cc1c[nH]c2ccccc12)C(=O)N[C@@H](CCCNC(=N)N)C(N)=O)[C@@H](C)CC. The number of rotatable bonds is 54. The molecule has 0 aliphatic rings. The van der Waals surface area contributed by atoms with Crippen molar-refractivity contribution in [3.8, 4) is 0 Å². The molecule has 4 aromatic carbocycles. The summed E-state index contributed by atoms with van der Waals surface area (Å²) in [5.41, 5.74) is 39.0. The number of guanidine groups is 5. The number of benzene rings is 4. The lowest BCUT2D eigenvalue weighted by molar-refractivity contribution is -0.137. The number of amides is 12. The Bertz CT molecular complexity index is 5330. The van der Waals surface area contributed by atoms with E-state index in [-0.39, 0.29) is 147 Å². The minimum Gasteiger partial charge on any atom is -0.370 e. The van der Waals surface area contributed by atoms with E-state index in [4.69, 9.17) is 61.4 Å². The standard InChI is InChI=1S/C88H127N31O12/c1-6-47(3)71(118-80(128)69(41-52-45-107-60-27-14-10-23-56(52)60)115-74(122)63(109-49(5)120)30-17-35-101-85(92)93)82(130)112-65(32-19-37-103-87(96)97)75(123)111-64(31-18-36-102-86(94)95)76(124)116-70(42-53-46-108-61-28-15-11-24-57(53)61)81(129)119-72(48(4)7-2)83(131)113-66(33-20-38-104-88(98)99)77(125)114-68(40-51-44-106-59-26-13-9-22-55(51)59)79(127)117-67(39-50-43-105-58-25-12-8-21-54(50)58)78(126)110-62(73(89)121)29-16-34-100-84(90)91/h8-15,21-28,43-48,62-72,105-108H,6-7,16-20,29-42H2,1-5H3,(H2,89,121)(H,109,120)(H,110,126)(H,111,123)(H,112,130)(H,113,131)(H,114,125)(H,115,122)(H,116,124)(H,117,127)(H,118,128)(H,119,129)(H4,90,91,100)(H4,92,93,101)(H4,94,95,102)(H4,96,97,103)(H4,98,99,104)/t47-,48-,62-,63-,64-,65-,66-,67-,68-,69-,70-,71-,72-/m0/s1. The molecule has 43 heteroatoms. The third-order valence-corrected chi connectivity index (χ3v) is 22.7. The van der Waals surface area contributed by atoms with Gasteiger partial charge < -0.3 is 139 Å². The van der Waals surface area contributed by atoms with Gasteiger partial charge in [0, 0.05) is 134 Å². The van der Waals surface area contributed by atoms with E-state index in [0.29, 0.717) is 44.1 Å². The van der Waals surface area contributed by atoms with Gasteiger partial charge in [-0.3, -0.25) is 84.6 Å². The van der Waals surface area contributed by atoms with E-state index >= 15 is 38.4 Å². The van der Waals surface area contributed by atoms with Crippen LogP contribution in [0.15, 0.2) is 122 Å². The van der Waals surface area contributed by atoms with Crippen molar-refractivity contribution in [3.63, 3.8) is 0 Å². The second kappa shape index (κ2) is 50.5. The van der Waals surface area contributed by atoms with Crippen LogP contribution >= 0.6 is 0 Å². The van der Waals surface area contributed by atoms with E-state index < -0.39 is 167 Å². The number of carbonyl (C=O) groups is 12. The molecule has 131 heavy (non-hydrogen) atoms. The fraction of sp³-hybridized carbons (Fsp3) is 0.443. The van der Waals surface area contributed by atoms with Crippen LogP contribution in [0.2, 0.25) is 0 Å². The Kier molecular flexibility index (Phi) is 39.1. The first kappa shape index (κ1) is 101. The Hall–Kier alpha value is -15.0. The molecule has 0 bridgehead atoms. The molecule has 0 aliphatic heterocycles. The average Bonchev–Trinajstić information content (AvgIpc) is 1.75. The molecule has 13 atom stereocenters. The van der Waals surface area contributed by atoms with Crippen molar-refractivity contribution in [2.75, 3.05) is 32.7 Å². The van der Waals surface area contributed by atoms with E-state index in [1.54, 1.807) is 101 Å². The molecule has 12 amide bonds. The zero-order chi connectivity index (χ0) is 95.4. The fourth-order valence-electron chi connectivity index (χ4n) is 15.2. The van der Waals surface area contributed by atoms with E-state index in [0.717, 1.165) is 21.8 Å². The quantitative estimate of drug-likeness (QED) is 0.0125. The van der Waals surface area contributed by atoms with Gasteiger partial charge in [-0.1, -0.05) is 113 Å². The minimum absolute atomic E-state index is 0.00182. The molecular formula is C88H127N31O12. The van der Waals surface area contributed by atoms with Gasteiger partial charge in [0.1, 0.15) is 66.5 Å². The van der Waals surface area contributed by atoms with Crippen molar-refractivity contribution in [2.45, 2.75) is 204 Å². The maximum absolute atomic E-state index is 15.7. The lowest BCUT2D eigenvalue weighted by Gasteiger charge is -2.30. The molecule has 0 spiro atoms. The second-order valence-electron chi connectivity index (χ2n) is 32.6. The number of nitrogens with two attached hydrogens (primary N) is 6. The van der Waals surface area contributed by atoms with Gasteiger partial charge in [0.25, 0.3) is 0 Å². The fourth-order valence-corrected chi connectivity index (χ4v) is 15.2. The number of hydrogen-bond acceptors (Lipinski definition) is 17. The zero-order valence-electron chi connectivity index (χ0n) is 74.3. The lowest BCUT2D eigenvalue weighted by atomic mass is 9.96. The Morgan fingerprint density at radius 2 is 0.496 bits per heavy atom. The Balaban J connectivity index is 1.09. The van der Waals surface area contributed by atoms with Gasteiger partial charge in [0.05, 0.1) is 0 Å². The van der Waals surface area contributed by atoms with Crippen molar-refractivity contribution >= 4 is 144 Å². The zero-order valence-corrected chi connectivity index (χ0v) is 74.3. The third-order valence-electron chi connectivity index (χ3n) is 22.7. The van der Waals surface area contributed by atoms with Gasteiger partial charge >= 0.3 is 0 Å². The van der Waals surface area contributed by atoms with Crippen LogP contribution in [0.5, 0.6) is 0 Å². The molecule has 0 radical (unpaired) electrons. The van der Waals surface area contributed by atoms with Gasteiger partial charge in [-0.05, 0) is 123 Å². The van der Waals surface area contributed by atoms with E-state index in [9.17, 15) is 19.2 Å². The molecule has 8 rings (SSSR count). The topological polar surface area (TPSA) is 736 Å². The van der Waals surface area contributed by atoms with Gasteiger partial charge in [-0.25, -0.2) is 0 Å². The molecule has 8 aromatic rings. The molecule has 4 aromatic heterocycles. The maximum atomic E-state index is 15.7. The van der Waals surface area contributed by atoms with Gasteiger partial charge in [-0.2, -0.15) is 0 Å². The molecular weight excluding hydrogens is 1680 g/mol. The number of aromatic nitrogens is 4. The summed E-state index contributed by atoms with van der Waals surface area (Å²) in [6.45, 7) is 8.51. The largest absolute Gasteiger partial charge is 0.370 e. The number of para-hydroxylation sites is 4. The monoisotopic (exact) mass is 1810 g/mol. The summed E-state index contributed by atoms with van der Waals surface area (Å²) in [5, 5.41) is 85.8. The Morgan fingerprint density at radius 3 is 0.733 bits per heavy atom. The van der Waals surface area contributed by atoms with E-state index in [1.807, 2.05) is 48.5 Å². The van der Waals surface area contributed by atoms with Crippen molar-refractivity contribution in [1.82, 2.24) is 105 Å². The van der Waals surface area contributed by atoms with Crippen LogP contribution in [0.3, 0.4) is 0 Å². The summed E-state index contributed by atoms with van der Waals surface area (Å²) < 4.78 is 0. The van der Waals surface area contributed by atoms with Gasteiger partial charge in [0.15, 0.2) is 29.8 Å². The van der Waals surface area contributed by atoms with Gasteiger partial charge in [-0.15, -0.1) is 0 Å². The molecule has 43 nitrogen and oxygen atoms in total. The highest BCUT2D eigenvalue weighted by Gasteiger charge is 2.40. The first-order valence-electron chi connectivity index (χ1n) is 43.8. The number of nitrogens with one attached hydrogen (secondary N) is 25. The average molecular weight is 1810 g/mol. The normalized spacial score (nSPS) is 14.2.